The summed E-state index contributed by atoms with van der Waals surface area (Å²) in [5.74, 6) is 1.32. The molecule has 28 heavy (non-hydrogen) atoms. The van der Waals surface area contributed by atoms with Crippen LogP contribution in [0, 0.1) is 0 Å². The van der Waals surface area contributed by atoms with Crippen LogP contribution in [0.25, 0.3) is 0 Å². The van der Waals surface area contributed by atoms with Crippen LogP contribution in [0.4, 0.5) is 5.69 Å². The van der Waals surface area contributed by atoms with Crippen molar-refractivity contribution in [2.24, 2.45) is 0 Å². The molecule has 0 radical (unpaired) electrons. The Morgan fingerprint density at radius 1 is 1.25 bits per heavy atom. The van der Waals surface area contributed by atoms with Gasteiger partial charge in [-0.2, -0.15) is 0 Å². The van der Waals surface area contributed by atoms with E-state index < -0.39 is 0 Å². The molecule has 0 unspecified atom stereocenters. The summed E-state index contributed by atoms with van der Waals surface area (Å²) in [6, 6.07) is 12.8. The van der Waals surface area contributed by atoms with E-state index in [1.165, 1.54) is 35.0 Å². The summed E-state index contributed by atoms with van der Waals surface area (Å²) in [6.07, 6.45) is 5.32. The third-order valence-corrected chi connectivity index (χ3v) is 6.49. The van der Waals surface area contributed by atoms with Crippen molar-refractivity contribution in [3.8, 4) is 0 Å². The fourth-order valence-electron chi connectivity index (χ4n) is 3.17. The average Bonchev–Trinajstić information content (AvgIpc) is 3.25. The lowest BCUT2D eigenvalue weighted by Gasteiger charge is -2.09. The Morgan fingerprint density at radius 2 is 2.07 bits per heavy atom. The van der Waals surface area contributed by atoms with Gasteiger partial charge in [0.15, 0.2) is 5.16 Å². The van der Waals surface area contributed by atoms with Gasteiger partial charge >= 0.3 is 0 Å². The third kappa shape index (κ3) is 4.83. The first-order valence-electron chi connectivity index (χ1n) is 9.70. The molecule has 1 aliphatic rings. The van der Waals surface area contributed by atoms with Crippen molar-refractivity contribution in [2.75, 3.05) is 11.1 Å². The number of hydrogen-bond acceptors (Lipinski definition) is 5. The molecule has 0 spiro atoms. The van der Waals surface area contributed by atoms with Crippen LogP contribution < -0.4 is 5.32 Å². The van der Waals surface area contributed by atoms with Crippen molar-refractivity contribution >= 4 is 34.7 Å². The van der Waals surface area contributed by atoms with Gasteiger partial charge in [-0.3, -0.25) is 4.79 Å². The maximum atomic E-state index is 12.4. The van der Waals surface area contributed by atoms with Crippen molar-refractivity contribution in [3.05, 3.63) is 58.0 Å². The van der Waals surface area contributed by atoms with Gasteiger partial charge < -0.3 is 9.88 Å². The molecule has 1 aromatic carbocycles. The first-order valence-corrected chi connectivity index (χ1v) is 11.6. The van der Waals surface area contributed by atoms with Gasteiger partial charge in [-0.15, -0.1) is 21.5 Å². The van der Waals surface area contributed by atoms with Gasteiger partial charge in [-0.05, 0) is 48.4 Å². The Labute approximate surface area is 173 Å². The molecule has 1 N–H and O–H groups in total. The molecule has 0 bridgehead atoms. The summed E-state index contributed by atoms with van der Waals surface area (Å²) in [6.45, 7) is 2.17. The number of nitrogens with zero attached hydrogens (tertiary/aromatic N) is 3. The Morgan fingerprint density at radius 3 is 2.75 bits per heavy atom. The van der Waals surface area contributed by atoms with Crippen molar-refractivity contribution in [1.29, 1.82) is 0 Å². The molecule has 1 fully saturated rings. The molecule has 1 saturated carbocycles. The van der Waals surface area contributed by atoms with Crippen molar-refractivity contribution in [3.63, 3.8) is 0 Å². The van der Waals surface area contributed by atoms with Gasteiger partial charge in [-0.1, -0.05) is 43.3 Å². The van der Waals surface area contributed by atoms with Crippen LogP contribution in [0.5, 0.6) is 0 Å². The van der Waals surface area contributed by atoms with Crippen LogP contribution >= 0.6 is 23.1 Å². The second-order valence-corrected chi connectivity index (χ2v) is 9.01. The summed E-state index contributed by atoms with van der Waals surface area (Å²) in [5, 5.41) is 14.7. The Kier molecular flexibility index (Phi) is 6.12. The molecule has 146 valence electrons. The highest BCUT2D eigenvalue weighted by Crippen LogP contribution is 2.39. The number of aryl methyl sites for hydroxylation is 1. The largest absolute Gasteiger partial charge is 0.325 e. The van der Waals surface area contributed by atoms with Crippen molar-refractivity contribution in [1.82, 2.24) is 14.8 Å². The highest BCUT2D eigenvalue weighted by atomic mass is 32.2. The number of anilines is 1. The monoisotopic (exact) mass is 412 g/mol. The molecule has 5 nitrogen and oxygen atoms in total. The lowest BCUT2D eigenvalue weighted by molar-refractivity contribution is -0.113. The summed E-state index contributed by atoms with van der Waals surface area (Å²) in [7, 11) is 0. The Bertz CT molecular complexity index is 915. The van der Waals surface area contributed by atoms with Crippen LogP contribution in [0.2, 0.25) is 0 Å². The standard InChI is InChI=1S/C21H24N4OS2/c1-2-4-15-6-8-16(9-7-15)22-20(26)14-28-21-24-23-19(25(21)17-10-11-17)13-18-5-3-12-27-18/h3,5-9,12,17H,2,4,10-11,13-14H2,1H3,(H,22,26). The lowest BCUT2D eigenvalue weighted by Crippen LogP contribution is -2.14. The van der Waals surface area contributed by atoms with E-state index in [0.29, 0.717) is 11.8 Å². The predicted molar refractivity (Wildman–Crippen MR) is 115 cm³/mol. The third-order valence-electron chi connectivity index (χ3n) is 4.67. The van der Waals surface area contributed by atoms with E-state index >= 15 is 0 Å². The quantitative estimate of drug-likeness (QED) is 0.505. The smallest absolute Gasteiger partial charge is 0.234 e. The summed E-state index contributed by atoms with van der Waals surface area (Å²) < 4.78 is 2.23. The number of nitrogens with one attached hydrogen (secondary N) is 1. The zero-order valence-corrected chi connectivity index (χ0v) is 17.6. The second-order valence-electron chi connectivity index (χ2n) is 7.04. The van der Waals surface area contributed by atoms with Crippen LogP contribution in [0.1, 0.15) is 48.5 Å². The number of amides is 1. The molecule has 0 atom stereocenters. The van der Waals surface area contributed by atoms with Crippen LogP contribution in [-0.2, 0) is 17.6 Å². The first kappa shape index (κ1) is 19.2. The number of hydrogen-bond donors (Lipinski definition) is 1. The average molecular weight is 413 g/mol. The fraction of sp³-hybridized carbons (Fsp3) is 0.381. The molecule has 7 heteroatoms. The molecule has 0 saturated heterocycles. The number of benzene rings is 1. The summed E-state index contributed by atoms with van der Waals surface area (Å²) in [5.41, 5.74) is 2.14. The minimum atomic E-state index is -0.0154. The SMILES string of the molecule is CCCc1ccc(NC(=O)CSc2nnc(Cc3cccs3)n2C2CC2)cc1. The Balaban J connectivity index is 1.36. The number of carbonyl (C=O) groups is 1. The first-order chi connectivity index (χ1) is 13.7. The highest BCUT2D eigenvalue weighted by molar-refractivity contribution is 7.99. The molecule has 1 aliphatic carbocycles. The minimum absolute atomic E-state index is 0.0154. The molecular formula is C21H24N4OS2. The summed E-state index contributed by atoms with van der Waals surface area (Å²) >= 11 is 3.21. The minimum Gasteiger partial charge on any atom is -0.325 e. The van der Waals surface area contributed by atoms with Gasteiger partial charge in [0.2, 0.25) is 5.91 Å². The number of rotatable bonds is 9. The van der Waals surface area contributed by atoms with Crippen LogP contribution in [-0.4, -0.2) is 26.4 Å². The second kappa shape index (κ2) is 8.92. The topological polar surface area (TPSA) is 59.8 Å². The van der Waals surface area contributed by atoms with Crippen molar-refractivity contribution < 1.29 is 4.79 Å². The highest BCUT2D eigenvalue weighted by Gasteiger charge is 2.29. The molecule has 1 amide bonds. The molecule has 2 aromatic heterocycles. The van der Waals surface area contributed by atoms with E-state index in [-0.39, 0.29) is 5.91 Å². The maximum absolute atomic E-state index is 12.4. The van der Waals surface area contributed by atoms with Crippen LogP contribution in [0.15, 0.2) is 46.9 Å². The van der Waals surface area contributed by atoms with Gasteiger partial charge in [-0.25, -0.2) is 0 Å². The zero-order valence-electron chi connectivity index (χ0n) is 15.9. The number of thiophene rings is 1. The van der Waals surface area contributed by atoms with Crippen molar-refractivity contribution in [2.45, 2.75) is 50.2 Å². The van der Waals surface area contributed by atoms with Gasteiger partial charge in [0, 0.05) is 23.0 Å². The van der Waals surface area contributed by atoms with Crippen LogP contribution in [0.3, 0.4) is 0 Å². The predicted octanol–water partition coefficient (Wildman–Crippen LogP) is 4.95. The molecule has 2 heterocycles. The zero-order chi connectivity index (χ0) is 19.3. The lowest BCUT2D eigenvalue weighted by atomic mass is 10.1. The van der Waals surface area contributed by atoms with E-state index in [4.69, 9.17) is 0 Å². The van der Waals surface area contributed by atoms with Gasteiger partial charge in [0.05, 0.1) is 5.75 Å². The summed E-state index contributed by atoms with van der Waals surface area (Å²) in [4.78, 5) is 13.7. The molecule has 0 aliphatic heterocycles. The molecule has 3 aromatic rings. The number of carbonyl (C=O) groups excluding carboxylic acids is 1. The van der Waals surface area contributed by atoms with E-state index in [0.717, 1.165) is 35.9 Å². The number of thioether (sulfide) groups is 1. The maximum Gasteiger partial charge on any atom is 0.234 e. The normalized spacial score (nSPS) is 13.6. The van der Waals surface area contributed by atoms with E-state index in [1.54, 1.807) is 11.3 Å². The van der Waals surface area contributed by atoms with E-state index in [9.17, 15) is 4.79 Å². The molecular weight excluding hydrogens is 388 g/mol. The Hall–Kier alpha value is -2.12. The van der Waals surface area contributed by atoms with E-state index in [2.05, 4.69) is 56.7 Å². The number of aromatic nitrogens is 3. The van der Waals surface area contributed by atoms with Gasteiger partial charge in [0.1, 0.15) is 5.82 Å². The van der Waals surface area contributed by atoms with Gasteiger partial charge in [0.25, 0.3) is 0 Å². The fourth-order valence-corrected chi connectivity index (χ4v) is 4.69. The molecule has 4 rings (SSSR count). The van der Waals surface area contributed by atoms with E-state index in [1.807, 2.05) is 12.1 Å².